The van der Waals surface area contributed by atoms with Crippen LogP contribution in [-0.4, -0.2) is 38.8 Å². The number of ether oxygens (including phenoxy) is 4. The zero-order valence-corrected chi connectivity index (χ0v) is 24.4. The van der Waals surface area contributed by atoms with Crippen molar-refractivity contribution < 1.29 is 23.7 Å². The fraction of sp³-hybridized carbons (Fsp3) is 0.296. The van der Waals surface area contributed by atoms with Gasteiger partial charge in [0, 0.05) is 17.7 Å². The molecule has 0 fully saturated rings. The first kappa shape index (κ1) is 26.9. The number of halogens is 1. The largest absolute Gasteiger partial charge is 0.496 e. The normalized spacial score (nSPS) is 15.2. The van der Waals surface area contributed by atoms with E-state index in [1.165, 1.54) is 32.7 Å². The van der Waals surface area contributed by atoms with E-state index in [0.717, 1.165) is 14.9 Å². The summed E-state index contributed by atoms with van der Waals surface area (Å²) in [6, 6.07) is 8.56. The Hall–Kier alpha value is -3.12. The molecule has 2 heterocycles. The Bertz CT molecular complexity index is 1560. The highest BCUT2D eigenvalue weighted by Gasteiger charge is 2.33. The van der Waals surface area contributed by atoms with E-state index < -0.39 is 6.04 Å². The molecule has 0 aliphatic carbocycles. The minimum Gasteiger partial charge on any atom is -0.496 e. The first-order chi connectivity index (χ1) is 17.8. The predicted octanol–water partition coefficient (Wildman–Crippen LogP) is 3.85. The summed E-state index contributed by atoms with van der Waals surface area (Å²) in [6.45, 7) is 3.60. The van der Waals surface area contributed by atoms with Crippen LogP contribution in [0.2, 0.25) is 0 Å². The van der Waals surface area contributed by atoms with E-state index in [4.69, 9.17) is 18.9 Å². The lowest BCUT2D eigenvalue weighted by atomic mass is 9.91. The van der Waals surface area contributed by atoms with Crippen molar-refractivity contribution in [1.82, 2.24) is 4.57 Å². The molecule has 1 unspecified atom stereocenters. The van der Waals surface area contributed by atoms with Gasteiger partial charge in [-0.1, -0.05) is 24.3 Å². The number of hydrogen-bond acceptors (Lipinski definition) is 8. The fourth-order valence-corrected chi connectivity index (χ4v) is 6.17. The Morgan fingerprint density at radius 3 is 2.24 bits per heavy atom. The number of aromatic nitrogens is 1. The van der Waals surface area contributed by atoms with Crippen molar-refractivity contribution in [2.45, 2.75) is 26.3 Å². The van der Waals surface area contributed by atoms with E-state index >= 15 is 0 Å². The average Bonchev–Trinajstić information content (AvgIpc) is 3.20. The number of allylic oxidation sites excluding steroid dienone is 2. The molecule has 0 bridgehead atoms. The number of ketones is 1. The van der Waals surface area contributed by atoms with Crippen LogP contribution in [0.5, 0.6) is 23.0 Å². The molecule has 1 aliphatic heterocycles. The molecule has 37 heavy (non-hydrogen) atoms. The van der Waals surface area contributed by atoms with Crippen molar-refractivity contribution in [2.24, 2.45) is 4.99 Å². The van der Waals surface area contributed by atoms with Gasteiger partial charge >= 0.3 is 0 Å². The van der Waals surface area contributed by atoms with Crippen LogP contribution in [0.1, 0.15) is 37.4 Å². The van der Waals surface area contributed by atoms with Gasteiger partial charge in [-0.3, -0.25) is 14.2 Å². The first-order valence-electron chi connectivity index (χ1n) is 11.5. The van der Waals surface area contributed by atoms with Gasteiger partial charge in [-0.2, -0.15) is 0 Å². The molecule has 194 valence electrons. The van der Waals surface area contributed by atoms with E-state index in [0.29, 0.717) is 43.4 Å². The molecule has 0 saturated heterocycles. The zero-order valence-electron chi connectivity index (χ0n) is 21.4. The highest BCUT2D eigenvalue weighted by atomic mass is 127. The summed E-state index contributed by atoms with van der Waals surface area (Å²) in [4.78, 5) is 32.2. The number of rotatable bonds is 8. The number of carbonyl (C=O) groups is 1. The summed E-state index contributed by atoms with van der Waals surface area (Å²) in [5.74, 6) is 1.98. The monoisotopic (exact) mass is 634 g/mol. The minimum atomic E-state index is -0.699. The average molecular weight is 634 g/mol. The molecule has 0 N–H and O–H groups in total. The van der Waals surface area contributed by atoms with Crippen LogP contribution >= 0.6 is 33.9 Å². The SMILES string of the molecule is CCC(=O)C1=C(C)N=c2s/c(=C\c3ccc(OC)c(I)c3)c(=O)n2C1c1cc(OC)c(OC)c(OC)c1. The third-order valence-electron chi connectivity index (χ3n) is 6.12. The molecule has 0 saturated carbocycles. The number of nitrogens with zero attached hydrogens (tertiary/aromatic N) is 2. The highest BCUT2D eigenvalue weighted by molar-refractivity contribution is 14.1. The lowest BCUT2D eigenvalue weighted by Gasteiger charge is -2.26. The van der Waals surface area contributed by atoms with Crippen molar-refractivity contribution in [3.63, 3.8) is 0 Å². The summed E-state index contributed by atoms with van der Waals surface area (Å²) in [5.41, 5.74) is 2.34. The molecule has 1 atom stereocenters. The van der Waals surface area contributed by atoms with Gasteiger partial charge in [-0.05, 0) is 71.0 Å². The maximum atomic E-state index is 13.8. The molecule has 0 amide bonds. The Morgan fingerprint density at radius 2 is 1.70 bits per heavy atom. The van der Waals surface area contributed by atoms with Crippen LogP contribution in [0.4, 0.5) is 0 Å². The molecule has 3 aromatic rings. The first-order valence-corrected chi connectivity index (χ1v) is 13.4. The zero-order chi connectivity index (χ0) is 26.9. The third-order valence-corrected chi connectivity index (χ3v) is 7.95. The standard InChI is InChI=1S/C27H27IN2O6S/c1-7-18(31)23-14(2)29-27-30(24(23)16-12-20(34-4)25(36-6)21(13-16)35-5)26(32)22(37-27)11-15-8-9-19(33-3)17(28)10-15/h8-13,24H,7H2,1-6H3/b22-11-. The molecule has 1 aliphatic rings. The molecule has 10 heteroatoms. The van der Waals surface area contributed by atoms with Gasteiger partial charge in [-0.15, -0.1) is 0 Å². The van der Waals surface area contributed by atoms with Gasteiger partial charge in [0.15, 0.2) is 22.1 Å². The van der Waals surface area contributed by atoms with Crippen molar-refractivity contribution >= 4 is 45.8 Å². The number of methoxy groups -OCH3 is 4. The predicted molar refractivity (Wildman–Crippen MR) is 151 cm³/mol. The van der Waals surface area contributed by atoms with Crippen molar-refractivity contribution in [3.05, 3.63) is 76.0 Å². The summed E-state index contributed by atoms with van der Waals surface area (Å²) in [6.07, 6.45) is 2.11. The molecule has 8 nitrogen and oxygen atoms in total. The second-order valence-electron chi connectivity index (χ2n) is 8.21. The van der Waals surface area contributed by atoms with Crippen LogP contribution < -0.4 is 33.8 Å². The molecular formula is C27H27IN2O6S. The molecule has 0 radical (unpaired) electrons. The summed E-state index contributed by atoms with van der Waals surface area (Å²) in [5, 5.41) is 0. The Balaban J connectivity index is 2.00. The molecular weight excluding hydrogens is 607 g/mol. The molecule has 2 aromatic carbocycles. The highest BCUT2D eigenvalue weighted by Crippen LogP contribution is 2.42. The summed E-state index contributed by atoms with van der Waals surface area (Å²) < 4.78 is 25.0. The van der Waals surface area contributed by atoms with Crippen molar-refractivity contribution in [3.8, 4) is 23.0 Å². The van der Waals surface area contributed by atoms with Crippen LogP contribution in [0, 0.1) is 3.57 Å². The molecule has 1 aromatic heterocycles. The van der Waals surface area contributed by atoms with E-state index in [1.54, 1.807) is 37.7 Å². The van der Waals surface area contributed by atoms with Gasteiger partial charge < -0.3 is 18.9 Å². The Kier molecular flexibility index (Phi) is 8.08. The van der Waals surface area contributed by atoms with Crippen molar-refractivity contribution in [1.29, 1.82) is 0 Å². The smallest absolute Gasteiger partial charge is 0.271 e. The maximum absolute atomic E-state index is 13.8. The van der Waals surface area contributed by atoms with Crippen LogP contribution in [0.25, 0.3) is 6.08 Å². The number of carbonyl (C=O) groups excluding carboxylic acids is 1. The summed E-state index contributed by atoms with van der Waals surface area (Å²) in [7, 11) is 6.21. The number of thiazole rings is 1. The van der Waals surface area contributed by atoms with Gasteiger partial charge in [-0.25, -0.2) is 4.99 Å². The van der Waals surface area contributed by atoms with E-state index in [2.05, 4.69) is 27.6 Å². The quantitative estimate of drug-likeness (QED) is 0.350. The number of Topliss-reactive ketones (excluding diaryl/α,β-unsaturated/α-hetero) is 1. The topological polar surface area (TPSA) is 88.4 Å². The van der Waals surface area contributed by atoms with E-state index in [9.17, 15) is 9.59 Å². The van der Waals surface area contributed by atoms with Crippen LogP contribution in [-0.2, 0) is 4.79 Å². The van der Waals surface area contributed by atoms with Gasteiger partial charge in [0.05, 0.1) is 42.6 Å². The maximum Gasteiger partial charge on any atom is 0.271 e. The molecule has 4 rings (SSSR count). The van der Waals surface area contributed by atoms with Crippen LogP contribution in [0.3, 0.4) is 0 Å². The van der Waals surface area contributed by atoms with E-state index in [-0.39, 0.29) is 17.8 Å². The van der Waals surface area contributed by atoms with E-state index in [1.807, 2.05) is 24.3 Å². The fourth-order valence-electron chi connectivity index (χ4n) is 4.37. The number of benzene rings is 2. The second kappa shape index (κ2) is 11.1. The molecule has 0 spiro atoms. The lowest BCUT2D eigenvalue weighted by molar-refractivity contribution is -0.115. The lowest BCUT2D eigenvalue weighted by Crippen LogP contribution is -2.39. The second-order valence-corrected chi connectivity index (χ2v) is 10.4. The third kappa shape index (κ3) is 4.91. The number of fused-ring (bicyclic) bond motifs is 1. The Morgan fingerprint density at radius 1 is 1.05 bits per heavy atom. The van der Waals surface area contributed by atoms with Crippen molar-refractivity contribution in [2.75, 3.05) is 28.4 Å². The minimum absolute atomic E-state index is 0.0843. The Labute approximate surface area is 232 Å². The van der Waals surface area contributed by atoms with Gasteiger partial charge in [0.2, 0.25) is 5.75 Å². The summed E-state index contributed by atoms with van der Waals surface area (Å²) >= 11 is 3.48. The number of hydrogen-bond donors (Lipinski definition) is 0. The van der Waals surface area contributed by atoms with Gasteiger partial charge in [0.25, 0.3) is 5.56 Å². The van der Waals surface area contributed by atoms with Gasteiger partial charge in [0.1, 0.15) is 5.75 Å². The van der Waals surface area contributed by atoms with Crippen LogP contribution in [0.15, 0.2) is 51.4 Å².